The molecule has 6 heteroatoms. The van der Waals surface area contributed by atoms with Gasteiger partial charge >= 0.3 is 17.9 Å². The first-order valence-corrected chi connectivity index (χ1v) is 33.7. The van der Waals surface area contributed by atoms with Crippen molar-refractivity contribution >= 4 is 17.9 Å². The molecule has 460 valence electrons. The number of esters is 3. The average molecular weight is 1120 g/mol. The van der Waals surface area contributed by atoms with Crippen LogP contribution >= 0.6 is 0 Å². The van der Waals surface area contributed by atoms with Gasteiger partial charge in [-0.15, -0.1) is 0 Å². The molecule has 0 aromatic rings. The Bertz CT molecular complexity index is 1720. The fourth-order valence-electron chi connectivity index (χ4n) is 9.18. The van der Waals surface area contributed by atoms with Gasteiger partial charge in [-0.3, -0.25) is 14.4 Å². The number of hydrogen-bond donors (Lipinski definition) is 0. The number of hydrogen-bond acceptors (Lipinski definition) is 6. The molecule has 0 spiro atoms. The van der Waals surface area contributed by atoms with E-state index in [0.717, 1.165) is 122 Å². The van der Waals surface area contributed by atoms with E-state index in [-0.39, 0.29) is 37.5 Å². The van der Waals surface area contributed by atoms with Crippen molar-refractivity contribution < 1.29 is 28.6 Å². The third-order valence-electron chi connectivity index (χ3n) is 14.2. The van der Waals surface area contributed by atoms with Crippen molar-refractivity contribution in [1.82, 2.24) is 0 Å². The molecular weight excluding hydrogens is 997 g/mol. The second-order valence-corrected chi connectivity index (χ2v) is 22.0. The van der Waals surface area contributed by atoms with Crippen LogP contribution in [0.15, 0.2) is 134 Å². The summed E-state index contributed by atoms with van der Waals surface area (Å²) >= 11 is 0. The van der Waals surface area contributed by atoms with Crippen molar-refractivity contribution in [2.75, 3.05) is 13.2 Å². The van der Waals surface area contributed by atoms with Crippen molar-refractivity contribution in [1.29, 1.82) is 0 Å². The van der Waals surface area contributed by atoms with Crippen LogP contribution in [-0.2, 0) is 28.6 Å². The maximum atomic E-state index is 12.9. The molecule has 0 rings (SSSR count). The van der Waals surface area contributed by atoms with Crippen molar-refractivity contribution in [3.05, 3.63) is 134 Å². The molecule has 81 heavy (non-hydrogen) atoms. The summed E-state index contributed by atoms with van der Waals surface area (Å²) in [5.74, 6) is -0.936. The molecule has 1 atom stereocenters. The molecule has 0 aromatic heterocycles. The molecule has 0 heterocycles. The molecular formula is C75H124O6. The lowest BCUT2D eigenvalue weighted by Gasteiger charge is -2.18. The molecule has 0 saturated carbocycles. The molecule has 0 aliphatic carbocycles. The maximum absolute atomic E-state index is 12.9. The molecule has 1 unspecified atom stereocenters. The summed E-state index contributed by atoms with van der Waals surface area (Å²) in [5.41, 5.74) is 0. The molecule has 0 fully saturated rings. The zero-order chi connectivity index (χ0) is 58.5. The van der Waals surface area contributed by atoms with Crippen LogP contribution < -0.4 is 0 Å². The van der Waals surface area contributed by atoms with E-state index in [1.54, 1.807) is 0 Å². The quantitative estimate of drug-likeness (QED) is 0.0261. The van der Waals surface area contributed by atoms with Crippen molar-refractivity contribution in [2.24, 2.45) is 0 Å². The van der Waals surface area contributed by atoms with Gasteiger partial charge in [0, 0.05) is 19.3 Å². The average Bonchev–Trinajstić information content (AvgIpc) is 3.47. The minimum Gasteiger partial charge on any atom is -0.462 e. The molecule has 0 radical (unpaired) electrons. The van der Waals surface area contributed by atoms with E-state index in [1.807, 2.05) is 0 Å². The summed E-state index contributed by atoms with van der Waals surface area (Å²) in [7, 11) is 0. The van der Waals surface area contributed by atoms with Crippen LogP contribution in [0, 0.1) is 0 Å². The topological polar surface area (TPSA) is 78.9 Å². The Morgan fingerprint density at radius 1 is 0.259 bits per heavy atom. The van der Waals surface area contributed by atoms with E-state index < -0.39 is 6.10 Å². The normalized spacial score (nSPS) is 13.0. The molecule has 0 aliphatic heterocycles. The number of rotatable bonds is 60. The van der Waals surface area contributed by atoms with Gasteiger partial charge in [0.25, 0.3) is 0 Å². The highest BCUT2D eigenvalue weighted by atomic mass is 16.6. The standard InChI is InChI=1S/C75H124O6/c1-4-7-10-13-16-19-22-25-28-30-32-34-35-36-37-38-39-41-42-44-47-50-53-56-59-62-65-68-74(77)80-71-72(70-79-73(76)67-64-61-58-55-52-49-46-27-24-21-18-15-12-9-6-3)81-75(78)69-66-63-60-57-54-51-48-45-43-40-33-31-29-26-23-20-17-14-11-8-5-2/h7-8,10-11,16-17,19-20,25-26,28-29,32-34,36-37,40,45,48,54,57,72H,4-6,9,12-15,18,21-24,27,30-31,35,38-39,41-44,46-47,49-53,55-56,58-71H2,1-3H3/b10-7-,11-8-,19-16-,20-17-,28-25-,29-26-,34-32-,37-36-,40-33-,48-45-,57-54-. The Morgan fingerprint density at radius 2 is 0.481 bits per heavy atom. The van der Waals surface area contributed by atoms with E-state index in [4.69, 9.17) is 14.2 Å². The molecule has 0 amide bonds. The van der Waals surface area contributed by atoms with Gasteiger partial charge in [0.15, 0.2) is 6.10 Å². The zero-order valence-electron chi connectivity index (χ0n) is 52.8. The minimum absolute atomic E-state index is 0.0970. The van der Waals surface area contributed by atoms with E-state index in [2.05, 4.69) is 154 Å². The zero-order valence-corrected chi connectivity index (χ0v) is 52.8. The van der Waals surface area contributed by atoms with E-state index in [9.17, 15) is 14.4 Å². The van der Waals surface area contributed by atoms with E-state index in [1.165, 1.54) is 135 Å². The molecule has 0 N–H and O–H groups in total. The van der Waals surface area contributed by atoms with Gasteiger partial charge in [-0.2, -0.15) is 0 Å². The third kappa shape index (κ3) is 66.2. The van der Waals surface area contributed by atoms with Gasteiger partial charge in [0.1, 0.15) is 13.2 Å². The van der Waals surface area contributed by atoms with Gasteiger partial charge in [-0.05, 0) is 116 Å². The van der Waals surface area contributed by atoms with Crippen molar-refractivity contribution in [2.45, 2.75) is 309 Å². The summed E-state index contributed by atoms with van der Waals surface area (Å²) in [6.07, 6.45) is 96.0. The van der Waals surface area contributed by atoms with Crippen LogP contribution in [0.4, 0.5) is 0 Å². The molecule has 0 aliphatic rings. The molecule has 6 nitrogen and oxygen atoms in total. The van der Waals surface area contributed by atoms with Gasteiger partial charge in [-0.25, -0.2) is 0 Å². The smallest absolute Gasteiger partial charge is 0.306 e. The second-order valence-electron chi connectivity index (χ2n) is 22.0. The molecule has 0 saturated heterocycles. The molecule has 0 aromatic carbocycles. The highest BCUT2D eigenvalue weighted by Crippen LogP contribution is 2.16. The van der Waals surface area contributed by atoms with Crippen molar-refractivity contribution in [3.8, 4) is 0 Å². The Kier molecular flexibility index (Phi) is 64.3. The van der Waals surface area contributed by atoms with Gasteiger partial charge < -0.3 is 14.2 Å². The third-order valence-corrected chi connectivity index (χ3v) is 14.2. The Morgan fingerprint density at radius 3 is 0.778 bits per heavy atom. The largest absolute Gasteiger partial charge is 0.462 e. The Hall–Kier alpha value is -4.45. The van der Waals surface area contributed by atoms with E-state index >= 15 is 0 Å². The summed E-state index contributed by atoms with van der Waals surface area (Å²) < 4.78 is 16.9. The monoisotopic (exact) mass is 1120 g/mol. The predicted octanol–water partition coefficient (Wildman–Crippen LogP) is 23.3. The number of allylic oxidation sites excluding steroid dienone is 22. The number of ether oxygens (including phenoxy) is 3. The summed E-state index contributed by atoms with van der Waals surface area (Å²) in [5, 5.41) is 0. The Labute approximate surface area is 500 Å². The van der Waals surface area contributed by atoms with Crippen LogP contribution in [0.5, 0.6) is 0 Å². The minimum atomic E-state index is -0.807. The van der Waals surface area contributed by atoms with Gasteiger partial charge in [-0.1, -0.05) is 302 Å². The van der Waals surface area contributed by atoms with Crippen LogP contribution in [0.1, 0.15) is 303 Å². The lowest BCUT2D eigenvalue weighted by molar-refractivity contribution is -0.167. The van der Waals surface area contributed by atoms with Gasteiger partial charge in [0.2, 0.25) is 0 Å². The first-order chi connectivity index (χ1) is 40.0. The highest BCUT2D eigenvalue weighted by molar-refractivity contribution is 5.71. The first-order valence-electron chi connectivity index (χ1n) is 33.7. The van der Waals surface area contributed by atoms with Crippen LogP contribution in [0.25, 0.3) is 0 Å². The summed E-state index contributed by atoms with van der Waals surface area (Å²) in [6, 6.07) is 0. The molecule has 0 bridgehead atoms. The SMILES string of the molecule is CC/C=C\C/C=C\C/C=C\C/C=C\C/C=C\C/C=C\CCCCC(=O)OC(COC(=O)CCCCCCCCCCCCC/C=C\C/C=C\C/C=C\C/C=C\C/C=C\CC)COC(=O)CCCCCCCCCCCCCCCCC. The number of carbonyl (C=O) groups excluding carboxylic acids is 3. The van der Waals surface area contributed by atoms with Crippen LogP contribution in [0.3, 0.4) is 0 Å². The fraction of sp³-hybridized carbons (Fsp3) is 0.667. The van der Waals surface area contributed by atoms with Crippen LogP contribution in [0.2, 0.25) is 0 Å². The highest BCUT2D eigenvalue weighted by Gasteiger charge is 2.19. The summed E-state index contributed by atoms with van der Waals surface area (Å²) in [6.45, 7) is 6.40. The number of unbranched alkanes of at least 4 members (excludes halogenated alkanes) is 27. The summed E-state index contributed by atoms with van der Waals surface area (Å²) in [4.78, 5) is 38.4. The fourth-order valence-corrected chi connectivity index (χ4v) is 9.18. The van der Waals surface area contributed by atoms with Crippen LogP contribution in [-0.4, -0.2) is 37.2 Å². The second kappa shape index (κ2) is 68.1. The van der Waals surface area contributed by atoms with Gasteiger partial charge in [0.05, 0.1) is 0 Å². The van der Waals surface area contributed by atoms with E-state index in [0.29, 0.717) is 19.3 Å². The Balaban J connectivity index is 4.41. The lowest BCUT2D eigenvalue weighted by atomic mass is 10.0. The van der Waals surface area contributed by atoms with Crippen molar-refractivity contribution in [3.63, 3.8) is 0 Å². The maximum Gasteiger partial charge on any atom is 0.306 e. The first kappa shape index (κ1) is 76.5. The number of carbonyl (C=O) groups is 3. The lowest BCUT2D eigenvalue weighted by Crippen LogP contribution is -2.30. The predicted molar refractivity (Wildman–Crippen MR) is 353 cm³/mol.